The molecule has 0 spiro atoms. The van der Waals surface area contributed by atoms with Crippen molar-refractivity contribution in [2.24, 2.45) is 5.73 Å². The largest absolute Gasteiger partial charge is 0.481 e. The van der Waals surface area contributed by atoms with Crippen LogP contribution >= 0.6 is 0 Å². The Kier molecular flexibility index (Phi) is 13.6. The summed E-state index contributed by atoms with van der Waals surface area (Å²) < 4.78 is 9.44. The zero-order chi connectivity index (χ0) is 17.5. The van der Waals surface area contributed by atoms with Crippen LogP contribution in [0.1, 0.15) is 40.0 Å². The summed E-state index contributed by atoms with van der Waals surface area (Å²) in [5.41, 5.74) is 4.92. The number of nitrogens with one attached hydrogen (secondary N) is 1. The van der Waals surface area contributed by atoms with Gasteiger partial charge in [-0.25, -0.2) is 9.59 Å². The van der Waals surface area contributed by atoms with Crippen molar-refractivity contribution in [3.63, 3.8) is 0 Å². The summed E-state index contributed by atoms with van der Waals surface area (Å²) in [4.78, 5) is 42.5. The fraction of sp³-hybridized carbons (Fsp3) is 0.692. The predicted molar refractivity (Wildman–Crippen MR) is 76.9 cm³/mol. The lowest BCUT2D eigenvalue weighted by molar-refractivity contribution is -0.147. The van der Waals surface area contributed by atoms with Crippen LogP contribution in [0.5, 0.6) is 0 Å². The third kappa shape index (κ3) is 14.1. The Bertz CT molecular complexity index is 371. The molecular formula is C13H24N2O7. The van der Waals surface area contributed by atoms with Crippen LogP contribution in [0.2, 0.25) is 0 Å². The average Bonchev–Trinajstić information content (AvgIpc) is 2.44. The molecule has 0 saturated heterocycles. The van der Waals surface area contributed by atoms with Crippen molar-refractivity contribution < 1.29 is 33.8 Å². The number of urea groups is 1. The fourth-order valence-corrected chi connectivity index (χ4v) is 1.16. The number of carbonyl (C=O) groups is 4. The van der Waals surface area contributed by atoms with Crippen molar-refractivity contribution in [3.8, 4) is 0 Å². The van der Waals surface area contributed by atoms with Crippen LogP contribution < -0.4 is 11.1 Å². The molecule has 22 heavy (non-hydrogen) atoms. The molecule has 0 saturated carbocycles. The van der Waals surface area contributed by atoms with Gasteiger partial charge >= 0.3 is 23.9 Å². The van der Waals surface area contributed by atoms with E-state index >= 15 is 0 Å². The number of carboxylic acids is 1. The van der Waals surface area contributed by atoms with Gasteiger partial charge in [-0.3, -0.25) is 9.59 Å². The zero-order valence-electron chi connectivity index (χ0n) is 13.1. The quantitative estimate of drug-likeness (QED) is 0.549. The van der Waals surface area contributed by atoms with Gasteiger partial charge in [0.05, 0.1) is 13.2 Å². The van der Waals surface area contributed by atoms with Crippen LogP contribution in [-0.2, 0) is 23.9 Å². The summed E-state index contributed by atoms with van der Waals surface area (Å²) in [7, 11) is 0. The van der Waals surface area contributed by atoms with E-state index in [0.717, 1.165) is 0 Å². The first kappa shape index (κ1) is 22.0. The highest BCUT2D eigenvalue weighted by molar-refractivity contribution is 5.83. The van der Waals surface area contributed by atoms with Crippen LogP contribution in [0.4, 0.5) is 4.79 Å². The molecule has 0 aromatic heterocycles. The van der Waals surface area contributed by atoms with Crippen LogP contribution in [0, 0.1) is 0 Å². The molecule has 0 aliphatic carbocycles. The Morgan fingerprint density at radius 2 is 1.59 bits per heavy atom. The topological polar surface area (TPSA) is 145 Å². The molecule has 0 aliphatic rings. The molecule has 128 valence electrons. The minimum Gasteiger partial charge on any atom is -0.481 e. The van der Waals surface area contributed by atoms with Gasteiger partial charge in [0.1, 0.15) is 6.04 Å². The molecule has 0 bridgehead atoms. The standard InChI is InChI=1S/C10H18N2O5.C3H6O2/c1-3-16-8(13)6-5-7(12-10(11)15)9(14)17-4-2;1-2-3(4)5/h7H,3-6H2,1-2H3,(H3,11,12,15);2H2,1H3,(H,4,5). The summed E-state index contributed by atoms with van der Waals surface area (Å²) in [6, 6.07) is -1.76. The molecule has 1 unspecified atom stereocenters. The first-order valence-electron chi connectivity index (χ1n) is 6.88. The van der Waals surface area contributed by atoms with E-state index in [2.05, 4.69) is 5.32 Å². The number of carboxylic acid groups (broad SMARTS) is 1. The number of ether oxygens (including phenoxy) is 2. The summed E-state index contributed by atoms with van der Waals surface area (Å²) in [6.07, 6.45) is 0.332. The summed E-state index contributed by atoms with van der Waals surface area (Å²) in [5, 5.41) is 9.94. The van der Waals surface area contributed by atoms with E-state index < -0.39 is 30.0 Å². The maximum atomic E-state index is 11.4. The monoisotopic (exact) mass is 320 g/mol. The van der Waals surface area contributed by atoms with Gasteiger partial charge < -0.3 is 25.6 Å². The number of amides is 2. The second kappa shape index (κ2) is 13.7. The molecule has 4 N–H and O–H groups in total. The number of primary amides is 1. The molecule has 9 nitrogen and oxygen atoms in total. The molecule has 1 atom stereocenters. The highest BCUT2D eigenvalue weighted by atomic mass is 16.5. The van der Waals surface area contributed by atoms with Crippen LogP contribution in [0.3, 0.4) is 0 Å². The van der Waals surface area contributed by atoms with Gasteiger partial charge in [-0.1, -0.05) is 6.92 Å². The van der Waals surface area contributed by atoms with Gasteiger partial charge in [0.25, 0.3) is 0 Å². The number of carbonyl (C=O) groups excluding carboxylic acids is 3. The average molecular weight is 320 g/mol. The van der Waals surface area contributed by atoms with Gasteiger partial charge in [-0.2, -0.15) is 0 Å². The Labute approximate surface area is 129 Å². The van der Waals surface area contributed by atoms with Crippen molar-refractivity contribution in [3.05, 3.63) is 0 Å². The highest BCUT2D eigenvalue weighted by Crippen LogP contribution is 2.02. The Balaban J connectivity index is 0. The number of rotatable bonds is 8. The fourth-order valence-electron chi connectivity index (χ4n) is 1.16. The van der Waals surface area contributed by atoms with Gasteiger partial charge in [-0.05, 0) is 20.3 Å². The SMILES string of the molecule is CCC(=O)O.CCOC(=O)CCC(NC(N)=O)C(=O)OCC. The van der Waals surface area contributed by atoms with Gasteiger partial charge in [0, 0.05) is 12.8 Å². The smallest absolute Gasteiger partial charge is 0.328 e. The lowest BCUT2D eigenvalue weighted by Crippen LogP contribution is -2.44. The maximum Gasteiger partial charge on any atom is 0.328 e. The molecule has 0 radical (unpaired) electrons. The third-order valence-corrected chi connectivity index (χ3v) is 2.13. The van der Waals surface area contributed by atoms with E-state index in [1.807, 2.05) is 0 Å². The first-order chi connectivity index (χ1) is 10.3. The number of hydrogen-bond donors (Lipinski definition) is 3. The zero-order valence-corrected chi connectivity index (χ0v) is 13.1. The minimum atomic E-state index is -0.920. The molecule has 2 amide bonds. The maximum absolute atomic E-state index is 11.4. The van der Waals surface area contributed by atoms with E-state index in [0.29, 0.717) is 0 Å². The van der Waals surface area contributed by atoms with Gasteiger partial charge in [0.2, 0.25) is 0 Å². The molecule has 0 aromatic rings. The van der Waals surface area contributed by atoms with E-state index in [9.17, 15) is 19.2 Å². The Hall–Kier alpha value is -2.32. The molecule has 9 heteroatoms. The van der Waals surface area contributed by atoms with Crippen molar-refractivity contribution in [2.45, 2.75) is 46.1 Å². The van der Waals surface area contributed by atoms with E-state index in [-0.39, 0.29) is 32.5 Å². The van der Waals surface area contributed by atoms with Crippen molar-refractivity contribution in [2.75, 3.05) is 13.2 Å². The van der Waals surface area contributed by atoms with Crippen molar-refractivity contribution in [1.82, 2.24) is 5.32 Å². The number of hydrogen-bond acceptors (Lipinski definition) is 6. The van der Waals surface area contributed by atoms with Gasteiger partial charge in [0.15, 0.2) is 0 Å². The second-order valence-corrected chi connectivity index (χ2v) is 3.90. The summed E-state index contributed by atoms with van der Waals surface area (Å²) in [5.74, 6) is -1.80. The normalized spacial score (nSPS) is 10.5. The lowest BCUT2D eigenvalue weighted by Gasteiger charge is -2.15. The van der Waals surface area contributed by atoms with E-state index in [4.69, 9.17) is 20.3 Å². The Morgan fingerprint density at radius 1 is 1.09 bits per heavy atom. The first-order valence-corrected chi connectivity index (χ1v) is 6.88. The second-order valence-electron chi connectivity index (χ2n) is 3.90. The Morgan fingerprint density at radius 3 is 1.95 bits per heavy atom. The van der Waals surface area contributed by atoms with E-state index in [1.54, 1.807) is 20.8 Å². The highest BCUT2D eigenvalue weighted by Gasteiger charge is 2.22. The van der Waals surface area contributed by atoms with Crippen molar-refractivity contribution in [1.29, 1.82) is 0 Å². The number of aliphatic carboxylic acids is 1. The minimum absolute atomic E-state index is 0.0115. The molecule has 0 aliphatic heterocycles. The molecular weight excluding hydrogens is 296 g/mol. The van der Waals surface area contributed by atoms with Crippen LogP contribution in [0.25, 0.3) is 0 Å². The predicted octanol–water partition coefficient (Wildman–Crippen LogP) is 0.411. The van der Waals surface area contributed by atoms with Crippen LogP contribution in [0.15, 0.2) is 0 Å². The van der Waals surface area contributed by atoms with Crippen LogP contribution in [-0.4, -0.2) is 48.3 Å². The molecule has 0 heterocycles. The lowest BCUT2D eigenvalue weighted by atomic mass is 10.1. The third-order valence-electron chi connectivity index (χ3n) is 2.13. The van der Waals surface area contributed by atoms with Crippen molar-refractivity contribution >= 4 is 23.9 Å². The summed E-state index contributed by atoms with van der Waals surface area (Å²) >= 11 is 0. The molecule has 0 aromatic carbocycles. The number of nitrogens with two attached hydrogens (primary N) is 1. The number of esters is 2. The summed E-state index contributed by atoms with van der Waals surface area (Å²) in [6.45, 7) is 5.39. The molecule has 0 fully saturated rings. The molecule has 0 rings (SSSR count). The van der Waals surface area contributed by atoms with E-state index in [1.165, 1.54) is 0 Å². The van der Waals surface area contributed by atoms with Gasteiger partial charge in [-0.15, -0.1) is 0 Å².